The van der Waals surface area contributed by atoms with Crippen molar-refractivity contribution in [2.24, 2.45) is 0 Å². The molecule has 2 atom stereocenters. The molecule has 0 radical (unpaired) electrons. The lowest BCUT2D eigenvalue weighted by molar-refractivity contribution is -0.133. The Morgan fingerprint density at radius 2 is 1.68 bits per heavy atom. The number of nitrogens with zero attached hydrogens (tertiary/aromatic N) is 1. The maximum atomic E-state index is 12.2. The molecule has 4 heteroatoms. The van der Waals surface area contributed by atoms with Crippen molar-refractivity contribution < 1.29 is 4.79 Å². The summed E-state index contributed by atoms with van der Waals surface area (Å²) < 4.78 is 0. The molecule has 1 aromatic rings. The first-order valence-electron chi connectivity index (χ1n) is 6.48. The Morgan fingerprint density at radius 1 is 1.16 bits per heavy atom. The summed E-state index contributed by atoms with van der Waals surface area (Å²) in [5.74, 6) is 0.351. The van der Waals surface area contributed by atoms with Crippen LogP contribution in [0.4, 0.5) is 0 Å². The highest BCUT2D eigenvalue weighted by atomic mass is 35.5. The average molecular weight is 300 g/mol. The number of rotatable bonds is 1. The van der Waals surface area contributed by atoms with E-state index in [4.69, 9.17) is 23.2 Å². The van der Waals surface area contributed by atoms with Crippen LogP contribution in [0.25, 0.3) is 0 Å². The Morgan fingerprint density at radius 3 is 2.11 bits per heavy atom. The van der Waals surface area contributed by atoms with Gasteiger partial charge in [-0.2, -0.15) is 0 Å². The highest BCUT2D eigenvalue weighted by Gasteiger charge is 2.42. The maximum Gasteiger partial charge on any atom is 0.223 e. The fourth-order valence-corrected chi connectivity index (χ4v) is 3.58. The summed E-state index contributed by atoms with van der Waals surface area (Å²) in [4.78, 5) is 14.2. The molecule has 1 aliphatic rings. The number of benzene rings is 1. The Balaban J connectivity index is 2.35. The first-order chi connectivity index (χ1) is 8.70. The molecule has 2 nitrogen and oxygen atoms in total. The van der Waals surface area contributed by atoms with Crippen LogP contribution in [0, 0.1) is 0 Å². The van der Waals surface area contributed by atoms with E-state index in [2.05, 4.69) is 27.7 Å². The van der Waals surface area contributed by atoms with Gasteiger partial charge in [0.2, 0.25) is 5.91 Å². The molecule has 0 aliphatic carbocycles. The predicted octanol–water partition coefficient (Wildman–Crippen LogP) is 4.50. The lowest BCUT2D eigenvalue weighted by Crippen LogP contribution is -2.46. The third-order valence-electron chi connectivity index (χ3n) is 3.69. The van der Waals surface area contributed by atoms with Gasteiger partial charge in [-0.3, -0.25) is 4.79 Å². The molecule has 1 aliphatic heterocycles. The van der Waals surface area contributed by atoms with E-state index in [1.165, 1.54) is 0 Å². The normalized spacial score (nSPS) is 24.1. The summed E-state index contributed by atoms with van der Waals surface area (Å²) in [5.41, 5.74) is 0.887. The van der Waals surface area contributed by atoms with Crippen molar-refractivity contribution in [2.45, 2.75) is 51.6 Å². The van der Waals surface area contributed by atoms with Gasteiger partial charge in [-0.25, -0.2) is 0 Å². The minimum Gasteiger partial charge on any atom is -0.335 e. The largest absolute Gasteiger partial charge is 0.335 e. The van der Waals surface area contributed by atoms with Crippen LogP contribution < -0.4 is 0 Å². The highest BCUT2D eigenvalue weighted by Crippen LogP contribution is 2.39. The molecule has 0 saturated carbocycles. The fraction of sp³-hybridized carbons (Fsp3) is 0.533. The summed E-state index contributed by atoms with van der Waals surface area (Å²) in [5, 5.41) is 1.24. The van der Waals surface area contributed by atoms with Gasteiger partial charge in [-0.05, 0) is 51.5 Å². The quantitative estimate of drug-likeness (QED) is 0.748. The Labute approximate surface area is 124 Å². The summed E-state index contributed by atoms with van der Waals surface area (Å²) in [7, 11) is 0. The summed E-state index contributed by atoms with van der Waals surface area (Å²) in [6.45, 7) is 8.29. The van der Waals surface area contributed by atoms with Crippen LogP contribution in [-0.2, 0) is 4.79 Å². The van der Waals surface area contributed by atoms with E-state index in [1.54, 1.807) is 6.07 Å². The van der Waals surface area contributed by atoms with Crippen LogP contribution in [0.5, 0.6) is 0 Å². The lowest BCUT2D eigenvalue weighted by Gasteiger charge is -2.37. The van der Waals surface area contributed by atoms with Crippen molar-refractivity contribution in [3.8, 4) is 0 Å². The minimum absolute atomic E-state index is 0.155. The van der Waals surface area contributed by atoms with Crippen molar-refractivity contribution in [3.05, 3.63) is 33.8 Å². The molecule has 0 N–H and O–H groups in total. The van der Waals surface area contributed by atoms with Gasteiger partial charge in [0.05, 0.1) is 0 Å². The average Bonchev–Trinajstić information content (AvgIpc) is 2.51. The lowest BCUT2D eigenvalue weighted by atomic mass is 9.92. The van der Waals surface area contributed by atoms with Gasteiger partial charge in [0.15, 0.2) is 0 Å². The standard InChI is InChI=1S/C15H19Cl2NO/c1-9-13(8-14(19)18(9)15(2,3)4)10-5-11(16)7-12(17)6-10/h5-7,9,13H,8H2,1-4H3/t9-,13-/m0/s1. The van der Waals surface area contributed by atoms with Crippen molar-refractivity contribution in [1.29, 1.82) is 0 Å². The number of hydrogen-bond acceptors (Lipinski definition) is 1. The van der Waals surface area contributed by atoms with Crippen molar-refractivity contribution in [2.75, 3.05) is 0 Å². The SMILES string of the molecule is C[C@H]1[C@@H](c2cc(Cl)cc(Cl)c2)CC(=O)N1C(C)(C)C. The van der Waals surface area contributed by atoms with Gasteiger partial charge in [-0.15, -0.1) is 0 Å². The molecule has 19 heavy (non-hydrogen) atoms. The van der Waals surface area contributed by atoms with Crippen LogP contribution in [-0.4, -0.2) is 22.4 Å². The molecule has 0 aromatic heterocycles. The maximum absolute atomic E-state index is 12.2. The Bertz CT molecular complexity index is 487. The second kappa shape index (κ2) is 4.99. The third-order valence-corrected chi connectivity index (χ3v) is 4.12. The number of halogens is 2. The van der Waals surface area contributed by atoms with Gasteiger partial charge < -0.3 is 4.90 Å². The molecule has 104 valence electrons. The second-order valence-electron chi connectivity index (χ2n) is 6.19. The molecule has 0 spiro atoms. The molecular formula is C15H19Cl2NO. The summed E-state index contributed by atoms with van der Waals surface area (Å²) in [6.07, 6.45) is 0.523. The number of amides is 1. The highest BCUT2D eigenvalue weighted by molar-refractivity contribution is 6.34. The van der Waals surface area contributed by atoms with Crippen LogP contribution in [0.15, 0.2) is 18.2 Å². The van der Waals surface area contributed by atoms with E-state index >= 15 is 0 Å². The molecule has 1 aromatic carbocycles. The van der Waals surface area contributed by atoms with Gasteiger partial charge in [0.25, 0.3) is 0 Å². The fourth-order valence-electron chi connectivity index (χ4n) is 3.03. The predicted molar refractivity (Wildman–Crippen MR) is 79.9 cm³/mol. The molecule has 1 amide bonds. The molecular weight excluding hydrogens is 281 g/mol. The van der Waals surface area contributed by atoms with E-state index in [1.807, 2.05) is 17.0 Å². The van der Waals surface area contributed by atoms with Crippen LogP contribution >= 0.6 is 23.2 Å². The molecule has 1 heterocycles. The van der Waals surface area contributed by atoms with E-state index < -0.39 is 0 Å². The zero-order valence-corrected chi connectivity index (χ0v) is 13.2. The van der Waals surface area contributed by atoms with Crippen LogP contribution in [0.3, 0.4) is 0 Å². The Hall–Kier alpha value is -0.730. The number of carbonyl (C=O) groups is 1. The number of carbonyl (C=O) groups excluding carboxylic acids is 1. The first kappa shape index (κ1) is 14.7. The zero-order chi connectivity index (χ0) is 14.4. The Kier molecular flexibility index (Phi) is 3.85. The topological polar surface area (TPSA) is 20.3 Å². The summed E-state index contributed by atoms with van der Waals surface area (Å²) in [6, 6.07) is 5.69. The molecule has 0 unspecified atom stereocenters. The van der Waals surface area contributed by atoms with Gasteiger partial charge in [0, 0.05) is 34.0 Å². The van der Waals surface area contributed by atoms with Crippen LogP contribution in [0.2, 0.25) is 10.0 Å². The van der Waals surface area contributed by atoms with Crippen molar-refractivity contribution in [1.82, 2.24) is 4.90 Å². The van der Waals surface area contributed by atoms with Crippen molar-refractivity contribution >= 4 is 29.1 Å². The molecule has 0 bridgehead atoms. The third kappa shape index (κ3) is 2.90. The minimum atomic E-state index is -0.159. The zero-order valence-electron chi connectivity index (χ0n) is 11.7. The van der Waals surface area contributed by atoms with Crippen molar-refractivity contribution in [3.63, 3.8) is 0 Å². The van der Waals surface area contributed by atoms with E-state index in [0.717, 1.165) is 5.56 Å². The molecule has 1 fully saturated rings. The molecule has 2 rings (SSSR count). The first-order valence-corrected chi connectivity index (χ1v) is 7.24. The number of likely N-dealkylation sites (tertiary alicyclic amines) is 1. The second-order valence-corrected chi connectivity index (χ2v) is 7.06. The number of hydrogen-bond donors (Lipinski definition) is 0. The van der Waals surface area contributed by atoms with E-state index in [-0.39, 0.29) is 23.4 Å². The van der Waals surface area contributed by atoms with Gasteiger partial charge in [0.1, 0.15) is 0 Å². The van der Waals surface area contributed by atoms with Gasteiger partial charge >= 0.3 is 0 Å². The monoisotopic (exact) mass is 299 g/mol. The van der Waals surface area contributed by atoms with Gasteiger partial charge in [-0.1, -0.05) is 23.2 Å². The van der Waals surface area contributed by atoms with E-state index in [0.29, 0.717) is 16.5 Å². The smallest absolute Gasteiger partial charge is 0.223 e. The summed E-state index contributed by atoms with van der Waals surface area (Å²) >= 11 is 12.1. The molecule has 1 saturated heterocycles. The van der Waals surface area contributed by atoms with Crippen LogP contribution in [0.1, 0.15) is 45.6 Å². The van der Waals surface area contributed by atoms with E-state index in [9.17, 15) is 4.79 Å².